The first-order chi connectivity index (χ1) is 21.0. The van der Waals surface area contributed by atoms with Gasteiger partial charge in [0.05, 0.1) is 12.9 Å². The molecular weight excluding hydrogens is 651 g/mol. The van der Waals surface area contributed by atoms with Crippen LogP contribution in [0.2, 0.25) is 36.3 Å². The Hall–Kier alpha value is -2.88. The summed E-state index contributed by atoms with van der Waals surface area (Å²) in [6, 6.07) is 0. The predicted molar refractivity (Wildman–Crippen MR) is 177 cm³/mol. The molecule has 0 spiro atoms. The maximum Gasteiger partial charge on any atom is 0.362 e. The number of nitrogens with two attached hydrogens (primary N) is 1. The second kappa shape index (κ2) is 12.6. The number of hydrogen-bond acceptors (Lipinski definition) is 12. The van der Waals surface area contributed by atoms with Crippen LogP contribution >= 0.6 is 0 Å². The molecule has 0 saturated carbocycles. The van der Waals surface area contributed by atoms with Crippen molar-refractivity contribution in [1.82, 2.24) is 24.2 Å². The molecule has 2 aromatic heterocycles. The first kappa shape index (κ1) is 36.0. The Labute approximate surface area is 271 Å². The number of hydrogen-bond donors (Lipinski definition) is 2. The van der Waals surface area contributed by atoms with Crippen molar-refractivity contribution in [3.63, 3.8) is 0 Å². The van der Waals surface area contributed by atoms with Gasteiger partial charge in [0.25, 0.3) is 11.8 Å². The van der Waals surface area contributed by atoms with Crippen LogP contribution in [-0.4, -0.2) is 87.5 Å². The number of dihydropyridines is 1. The van der Waals surface area contributed by atoms with Crippen molar-refractivity contribution >= 4 is 61.9 Å². The monoisotopic (exact) mass is 695 g/mol. The van der Waals surface area contributed by atoms with E-state index in [2.05, 4.69) is 87.7 Å². The topological polar surface area (TPSA) is 199 Å². The Morgan fingerprint density at radius 3 is 2.22 bits per heavy atom. The SMILES string of the molecule is CC(C)(C)[Si](C)(C)OC1[C@@H](O[Si](C)(C)C(C)(C)C)[C@@H](COS(=O)(=O)NC(=O)C2C=CC=NC2=O)O[C@H]1n1cnc2c(N)ncnc21. The minimum atomic E-state index is -4.67. The zero-order valence-corrected chi connectivity index (χ0v) is 30.8. The molecule has 254 valence electrons. The van der Waals surface area contributed by atoms with Crippen LogP contribution in [0, 0.1) is 5.92 Å². The summed E-state index contributed by atoms with van der Waals surface area (Å²) in [5.41, 5.74) is 6.86. The van der Waals surface area contributed by atoms with Crippen molar-refractivity contribution in [3.05, 3.63) is 24.8 Å². The lowest BCUT2D eigenvalue weighted by Crippen LogP contribution is -2.54. The number of rotatable bonds is 10. The molecular formula is C28H45N7O8SSi2. The highest BCUT2D eigenvalue weighted by atomic mass is 32.2. The molecule has 4 rings (SSSR count). The van der Waals surface area contributed by atoms with Gasteiger partial charge < -0.3 is 19.3 Å². The van der Waals surface area contributed by atoms with Crippen LogP contribution in [-0.2, 0) is 37.7 Å². The summed E-state index contributed by atoms with van der Waals surface area (Å²) >= 11 is 0. The number of fused-ring (bicyclic) bond motifs is 1. The maximum atomic E-state index is 13.0. The fourth-order valence-corrected chi connectivity index (χ4v) is 7.79. The van der Waals surface area contributed by atoms with E-state index in [9.17, 15) is 18.0 Å². The Balaban J connectivity index is 1.72. The molecule has 0 bridgehead atoms. The molecule has 2 aliphatic rings. The number of imidazole rings is 1. The number of aliphatic imine (C=N–C) groups is 1. The maximum absolute atomic E-state index is 13.0. The van der Waals surface area contributed by atoms with Gasteiger partial charge in [-0.1, -0.05) is 47.6 Å². The Bertz CT molecular complexity index is 1650. The number of nitrogens with zero attached hydrogens (tertiary/aromatic N) is 5. The lowest BCUT2D eigenvalue weighted by molar-refractivity contribution is -0.130. The number of allylic oxidation sites excluding steroid dienone is 1. The van der Waals surface area contributed by atoms with Crippen LogP contribution in [0.4, 0.5) is 5.82 Å². The predicted octanol–water partition coefficient (Wildman–Crippen LogP) is 3.25. The van der Waals surface area contributed by atoms with E-state index in [1.807, 2.05) is 4.72 Å². The van der Waals surface area contributed by atoms with Crippen LogP contribution in [0.1, 0.15) is 47.8 Å². The highest BCUT2D eigenvalue weighted by Gasteiger charge is 2.55. The van der Waals surface area contributed by atoms with Crippen LogP contribution in [0.3, 0.4) is 0 Å². The molecule has 46 heavy (non-hydrogen) atoms. The third-order valence-corrected chi connectivity index (χ3v) is 19.0. The highest BCUT2D eigenvalue weighted by molar-refractivity contribution is 7.85. The van der Waals surface area contributed by atoms with Crippen LogP contribution in [0.5, 0.6) is 0 Å². The third-order valence-electron chi connectivity index (χ3n) is 9.17. The lowest BCUT2D eigenvalue weighted by atomic mass is 10.1. The molecule has 3 N–H and O–H groups in total. The Morgan fingerprint density at radius 2 is 1.63 bits per heavy atom. The van der Waals surface area contributed by atoms with Crippen LogP contribution < -0.4 is 10.5 Å². The summed E-state index contributed by atoms with van der Waals surface area (Å²) in [5.74, 6) is -3.07. The van der Waals surface area contributed by atoms with E-state index in [0.29, 0.717) is 11.2 Å². The molecule has 0 aliphatic carbocycles. The average Bonchev–Trinajstić information content (AvgIpc) is 3.48. The van der Waals surface area contributed by atoms with Gasteiger partial charge in [-0.25, -0.2) is 24.7 Å². The van der Waals surface area contributed by atoms with Crippen molar-refractivity contribution in [2.24, 2.45) is 10.9 Å². The largest absolute Gasteiger partial charge is 0.408 e. The quantitative estimate of drug-likeness (QED) is 0.272. The minimum absolute atomic E-state index is 0.191. The molecule has 0 radical (unpaired) electrons. The Kier molecular flexibility index (Phi) is 9.87. The molecule has 18 heteroatoms. The number of carbonyl (C=O) groups is 2. The fraction of sp³-hybridized carbons (Fsp3) is 0.643. The number of nitrogen functional groups attached to an aromatic ring is 1. The number of nitrogens with one attached hydrogen (secondary N) is 1. The van der Waals surface area contributed by atoms with E-state index in [-0.39, 0.29) is 15.9 Å². The molecule has 2 amide bonds. The number of aromatic nitrogens is 4. The smallest absolute Gasteiger partial charge is 0.362 e. The third kappa shape index (κ3) is 7.47. The summed E-state index contributed by atoms with van der Waals surface area (Å²) in [6.07, 6.45) is 3.35. The standard InChI is InChI=1S/C28H45N7O8SSi2/c1-27(2,3)45(7,8)42-20-18(14-40-44(38,39)34-25(37)17-12-11-13-30-24(17)36)41-26(21(20)43-46(9,10)28(4,5)6)35-16-33-19-22(29)31-15-32-23(19)35/h11-13,15-18,20-21,26H,14H2,1-10H3,(H,34,37)(H2,29,31,32)/t17?,18-,20+,21?,26-/m1/s1. The van der Waals surface area contributed by atoms with Crippen molar-refractivity contribution < 1.29 is 35.8 Å². The average molecular weight is 696 g/mol. The van der Waals surface area contributed by atoms with Crippen LogP contribution in [0.25, 0.3) is 11.2 Å². The summed E-state index contributed by atoms with van der Waals surface area (Å²) in [6.45, 7) is 20.5. The number of amides is 2. The van der Waals surface area contributed by atoms with Gasteiger partial charge in [-0.2, -0.15) is 8.42 Å². The Morgan fingerprint density at radius 1 is 1.02 bits per heavy atom. The normalized spacial score (nSPS) is 24.6. The first-order valence-corrected chi connectivity index (χ1v) is 22.2. The summed E-state index contributed by atoms with van der Waals surface area (Å²) in [4.78, 5) is 41.0. The van der Waals surface area contributed by atoms with Gasteiger partial charge in [0.1, 0.15) is 36.1 Å². The molecule has 5 atom stereocenters. The van der Waals surface area contributed by atoms with E-state index in [4.69, 9.17) is 23.5 Å². The van der Waals surface area contributed by atoms with Crippen molar-refractivity contribution in [2.75, 3.05) is 12.3 Å². The molecule has 2 aromatic rings. The molecule has 15 nitrogen and oxygen atoms in total. The highest BCUT2D eigenvalue weighted by Crippen LogP contribution is 2.46. The summed E-state index contributed by atoms with van der Waals surface area (Å²) in [7, 11) is -9.71. The van der Waals surface area contributed by atoms with Gasteiger partial charge in [-0.05, 0) is 42.3 Å². The van der Waals surface area contributed by atoms with Gasteiger partial charge >= 0.3 is 10.3 Å². The zero-order valence-electron chi connectivity index (χ0n) is 28.0. The van der Waals surface area contributed by atoms with Gasteiger partial charge in [0, 0.05) is 6.21 Å². The van der Waals surface area contributed by atoms with E-state index < -0.39 is 75.8 Å². The molecule has 1 fully saturated rings. The van der Waals surface area contributed by atoms with Crippen molar-refractivity contribution in [2.45, 2.75) is 102 Å². The van der Waals surface area contributed by atoms with Crippen molar-refractivity contribution in [3.8, 4) is 0 Å². The second-order valence-electron chi connectivity index (χ2n) is 14.5. The van der Waals surface area contributed by atoms with E-state index in [0.717, 1.165) is 0 Å². The van der Waals surface area contributed by atoms with Gasteiger partial charge in [-0.15, -0.1) is 0 Å². The van der Waals surface area contributed by atoms with Crippen molar-refractivity contribution in [1.29, 1.82) is 0 Å². The van der Waals surface area contributed by atoms with Gasteiger partial charge in [0.15, 0.2) is 34.3 Å². The summed E-state index contributed by atoms with van der Waals surface area (Å²) in [5, 5.41) is -0.413. The fourth-order valence-electron chi connectivity index (χ4n) is 4.44. The molecule has 4 heterocycles. The summed E-state index contributed by atoms with van der Waals surface area (Å²) < 4.78 is 55.3. The molecule has 1 saturated heterocycles. The second-order valence-corrected chi connectivity index (χ2v) is 25.4. The number of anilines is 1. The number of carbonyl (C=O) groups excluding carboxylic acids is 2. The van der Waals surface area contributed by atoms with E-state index in [1.165, 1.54) is 31.0 Å². The zero-order chi connectivity index (χ0) is 34.5. The van der Waals surface area contributed by atoms with Gasteiger partial charge in [-0.3, -0.25) is 18.3 Å². The van der Waals surface area contributed by atoms with Crippen LogP contribution in [0.15, 0.2) is 29.8 Å². The van der Waals surface area contributed by atoms with E-state index >= 15 is 0 Å². The first-order valence-electron chi connectivity index (χ1n) is 14.9. The minimum Gasteiger partial charge on any atom is -0.408 e. The number of ether oxygens (including phenoxy) is 1. The lowest BCUT2D eigenvalue weighted by Gasteiger charge is -2.44. The molecule has 0 aromatic carbocycles. The molecule has 2 aliphatic heterocycles. The molecule has 2 unspecified atom stereocenters. The van der Waals surface area contributed by atoms with E-state index in [1.54, 1.807) is 4.57 Å². The van der Waals surface area contributed by atoms with Gasteiger partial charge in [0.2, 0.25) is 0 Å².